The van der Waals surface area contributed by atoms with Crippen molar-refractivity contribution in [3.63, 3.8) is 0 Å². The van der Waals surface area contributed by atoms with Gasteiger partial charge in [-0.05, 0) is 33.2 Å². The Hall–Kier alpha value is -0.0400. The van der Waals surface area contributed by atoms with Crippen LogP contribution in [0.1, 0.15) is 105 Å². The largest absolute Gasteiger partial charge is 0.312 e. The number of hydrogen-bond acceptors (Lipinski definition) is 1. The summed E-state index contributed by atoms with van der Waals surface area (Å²) >= 11 is 0. The van der Waals surface area contributed by atoms with Gasteiger partial charge in [0.25, 0.3) is 0 Å². The van der Waals surface area contributed by atoms with E-state index < -0.39 is 0 Å². The van der Waals surface area contributed by atoms with E-state index >= 15 is 0 Å². The second-order valence-electron chi connectivity index (χ2n) is 6.74. The van der Waals surface area contributed by atoms with Crippen LogP contribution in [-0.4, -0.2) is 12.1 Å². The van der Waals surface area contributed by atoms with Crippen LogP contribution in [-0.2, 0) is 0 Å². The van der Waals surface area contributed by atoms with E-state index in [1.54, 1.807) is 0 Å². The van der Waals surface area contributed by atoms with Crippen LogP contribution in [0, 0.1) is 0 Å². The molecule has 0 amide bonds. The first kappa shape index (κ1) is 19.0. The van der Waals surface area contributed by atoms with Crippen LogP contribution in [0.15, 0.2) is 0 Å². The Morgan fingerprint density at radius 3 is 1.68 bits per heavy atom. The van der Waals surface area contributed by atoms with E-state index in [1.165, 1.54) is 83.6 Å². The fourth-order valence-electron chi connectivity index (χ4n) is 2.59. The third-order valence-corrected chi connectivity index (χ3v) is 4.04. The molecule has 1 nitrogen and oxygen atoms in total. The lowest BCUT2D eigenvalue weighted by Gasteiger charge is -2.26. The van der Waals surface area contributed by atoms with Gasteiger partial charge in [-0.2, -0.15) is 0 Å². The highest BCUT2D eigenvalue weighted by Gasteiger charge is 2.15. The van der Waals surface area contributed by atoms with Gasteiger partial charge in [0.2, 0.25) is 0 Å². The third-order valence-electron chi connectivity index (χ3n) is 4.04. The van der Waals surface area contributed by atoms with Crippen molar-refractivity contribution < 1.29 is 0 Å². The SMILES string of the molecule is CCCCCCCCCCNC(C)(C)CCCCC. The van der Waals surface area contributed by atoms with E-state index in [4.69, 9.17) is 0 Å². The van der Waals surface area contributed by atoms with Gasteiger partial charge in [0.05, 0.1) is 0 Å². The molecular weight excluding hydrogens is 230 g/mol. The zero-order valence-electron chi connectivity index (χ0n) is 14.2. The molecule has 1 heteroatoms. The summed E-state index contributed by atoms with van der Waals surface area (Å²) in [7, 11) is 0. The summed E-state index contributed by atoms with van der Waals surface area (Å²) in [6, 6.07) is 0. The van der Waals surface area contributed by atoms with Crippen LogP contribution in [0.25, 0.3) is 0 Å². The Labute approximate surface area is 122 Å². The van der Waals surface area contributed by atoms with Crippen LogP contribution in [0.4, 0.5) is 0 Å². The molecule has 0 aromatic heterocycles. The van der Waals surface area contributed by atoms with Crippen LogP contribution >= 0.6 is 0 Å². The fraction of sp³-hybridized carbons (Fsp3) is 1.00. The summed E-state index contributed by atoms with van der Waals surface area (Å²) in [5.74, 6) is 0. The second kappa shape index (κ2) is 13.0. The van der Waals surface area contributed by atoms with Gasteiger partial charge >= 0.3 is 0 Å². The van der Waals surface area contributed by atoms with Crippen LogP contribution in [0.5, 0.6) is 0 Å². The minimum absolute atomic E-state index is 0.344. The topological polar surface area (TPSA) is 12.0 Å². The molecule has 0 radical (unpaired) electrons. The van der Waals surface area contributed by atoms with E-state index in [2.05, 4.69) is 33.0 Å². The van der Waals surface area contributed by atoms with Gasteiger partial charge in [-0.3, -0.25) is 0 Å². The van der Waals surface area contributed by atoms with Gasteiger partial charge in [0, 0.05) is 5.54 Å². The first-order valence-electron chi connectivity index (χ1n) is 8.87. The summed E-state index contributed by atoms with van der Waals surface area (Å²) < 4.78 is 0. The van der Waals surface area contributed by atoms with Crippen molar-refractivity contribution in [1.82, 2.24) is 5.32 Å². The zero-order valence-corrected chi connectivity index (χ0v) is 14.2. The summed E-state index contributed by atoms with van der Waals surface area (Å²) in [6.07, 6.45) is 16.7. The van der Waals surface area contributed by atoms with Gasteiger partial charge in [-0.25, -0.2) is 0 Å². The van der Waals surface area contributed by atoms with E-state index in [-0.39, 0.29) is 0 Å². The molecule has 0 atom stereocenters. The van der Waals surface area contributed by atoms with Crippen LogP contribution in [0.3, 0.4) is 0 Å². The smallest absolute Gasteiger partial charge is 0.0125 e. The minimum atomic E-state index is 0.344. The van der Waals surface area contributed by atoms with Crippen molar-refractivity contribution in [3.8, 4) is 0 Å². The molecule has 0 aliphatic rings. The lowest BCUT2D eigenvalue weighted by atomic mass is 9.96. The van der Waals surface area contributed by atoms with E-state index in [9.17, 15) is 0 Å². The minimum Gasteiger partial charge on any atom is -0.312 e. The van der Waals surface area contributed by atoms with E-state index in [1.807, 2.05) is 0 Å². The molecule has 0 aliphatic heterocycles. The first-order valence-corrected chi connectivity index (χ1v) is 8.87. The summed E-state index contributed by atoms with van der Waals surface area (Å²) in [5, 5.41) is 3.73. The quantitative estimate of drug-likeness (QED) is 0.377. The van der Waals surface area contributed by atoms with Crippen molar-refractivity contribution in [1.29, 1.82) is 0 Å². The second-order valence-corrected chi connectivity index (χ2v) is 6.74. The summed E-state index contributed by atoms with van der Waals surface area (Å²) in [6.45, 7) is 10.5. The first-order chi connectivity index (χ1) is 9.12. The molecule has 0 heterocycles. The van der Waals surface area contributed by atoms with Crippen LogP contribution < -0.4 is 5.32 Å². The number of nitrogens with one attached hydrogen (secondary N) is 1. The van der Waals surface area contributed by atoms with Crippen molar-refractivity contribution in [3.05, 3.63) is 0 Å². The lowest BCUT2D eigenvalue weighted by molar-refractivity contribution is 0.344. The molecule has 0 aromatic rings. The standard InChI is InChI=1S/C18H39N/c1-5-7-9-10-11-12-13-15-17-19-18(3,4)16-14-8-6-2/h19H,5-17H2,1-4H3. The monoisotopic (exact) mass is 269 g/mol. The van der Waals surface area contributed by atoms with Crippen LogP contribution in [0.2, 0.25) is 0 Å². The normalized spacial score (nSPS) is 12.0. The Morgan fingerprint density at radius 2 is 1.11 bits per heavy atom. The van der Waals surface area contributed by atoms with E-state index in [0.29, 0.717) is 5.54 Å². The maximum atomic E-state index is 3.73. The molecule has 0 spiro atoms. The molecule has 116 valence electrons. The Kier molecular flexibility index (Phi) is 12.9. The Morgan fingerprint density at radius 1 is 0.632 bits per heavy atom. The predicted molar refractivity (Wildman–Crippen MR) is 88.8 cm³/mol. The fourth-order valence-corrected chi connectivity index (χ4v) is 2.59. The third kappa shape index (κ3) is 14.2. The Balaban J connectivity index is 3.27. The maximum Gasteiger partial charge on any atom is 0.0125 e. The molecule has 0 saturated carbocycles. The molecule has 0 aromatic carbocycles. The Bertz CT molecular complexity index is 175. The highest BCUT2D eigenvalue weighted by molar-refractivity contribution is 4.76. The highest BCUT2D eigenvalue weighted by Crippen LogP contribution is 2.14. The van der Waals surface area contributed by atoms with Gasteiger partial charge in [-0.1, -0.05) is 78.1 Å². The number of hydrogen-bond donors (Lipinski definition) is 1. The van der Waals surface area contributed by atoms with E-state index in [0.717, 1.165) is 0 Å². The molecule has 0 unspecified atom stereocenters. The number of rotatable bonds is 14. The lowest BCUT2D eigenvalue weighted by Crippen LogP contribution is -2.39. The zero-order chi connectivity index (χ0) is 14.4. The average Bonchev–Trinajstić information content (AvgIpc) is 2.37. The summed E-state index contributed by atoms with van der Waals surface area (Å²) in [5.41, 5.74) is 0.344. The molecule has 0 bridgehead atoms. The maximum absolute atomic E-state index is 3.73. The van der Waals surface area contributed by atoms with Crippen molar-refractivity contribution in [2.24, 2.45) is 0 Å². The average molecular weight is 270 g/mol. The van der Waals surface area contributed by atoms with Crippen molar-refractivity contribution >= 4 is 0 Å². The molecule has 19 heavy (non-hydrogen) atoms. The van der Waals surface area contributed by atoms with Crippen molar-refractivity contribution in [2.75, 3.05) is 6.54 Å². The van der Waals surface area contributed by atoms with Gasteiger partial charge in [-0.15, -0.1) is 0 Å². The molecular formula is C18H39N. The van der Waals surface area contributed by atoms with Crippen molar-refractivity contribution in [2.45, 2.75) is 110 Å². The number of unbranched alkanes of at least 4 members (excludes halogenated alkanes) is 9. The van der Waals surface area contributed by atoms with Gasteiger partial charge in [0.15, 0.2) is 0 Å². The molecule has 1 N–H and O–H groups in total. The van der Waals surface area contributed by atoms with Gasteiger partial charge in [0.1, 0.15) is 0 Å². The molecule has 0 saturated heterocycles. The summed E-state index contributed by atoms with van der Waals surface area (Å²) in [4.78, 5) is 0. The molecule has 0 fully saturated rings. The van der Waals surface area contributed by atoms with Gasteiger partial charge < -0.3 is 5.32 Å². The molecule has 0 rings (SSSR count). The highest BCUT2D eigenvalue weighted by atomic mass is 14.9. The predicted octanol–water partition coefficient (Wildman–Crippen LogP) is 6.08. The molecule has 0 aliphatic carbocycles.